The van der Waals surface area contributed by atoms with Crippen LogP contribution in [0.4, 0.5) is 9.80 Å². The second-order valence-electron chi connectivity index (χ2n) is 8.45. The van der Waals surface area contributed by atoms with Crippen LogP contribution < -0.4 is 5.32 Å². The summed E-state index contributed by atoms with van der Waals surface area (Å²) in [5.41, 5.74) is 3.04. The number of rotatable bonds is 6. The normalized spacial score (nSPS) is 13.4. The van der Waals surface area contributed by atoms with Gasteiger partial charge < -0.3 is 15.0 Å². The average molecular weight is 556 g/mol. The lowest BCUT2D eigenvalue weighted by molar-refractivity contribution is 0.102. The van der Waals surface area contributed by atoms with Crippen LogP contribution in [0.1, 0.15) is 34.6 Å². The number of carbonyl (C=O) groups is 2. The summed E-state index contributed by atoms with van der Waals surface area (Å²) < 4.78 is 30.9. The minimum Gasteiger partial charge on any atom is -0.450 e. The van der Waals surface area contributed by atoms with Crippen molar-refractivity contribution in [1.29, 1.82) is 0 Å². The third-order valence-electron chi connectivity index (χ3n) is 6.15. The highest BCUT2D eigenvalue weighted by atomic mass is 32.2. The van der Waals surface area contributed by atoms with Gasteiger partial charge in [0.2, 0.25) is 0 Å². The fourth-order valence-electron chi connectivity index (χ4n) is 4.24. The molecule has 2 aromatic heterocycles. The number of aromatic nitrogens is 1. The molecule has 4 aromatic rings. The minimum absolute atomic E-state index is 0.0472. The van der Waals surface area contributed by atoms with Crippen LogP contribution in [-0.4, -0.2) is 49.2 Å². The summed E-state index contributed by atoms with van der Waals surface area (Å²) in [7, 11) is -3.45. The molecule has 0 aliphatic carbocycles. The number of amides is 2. The maximum Gasteiger partial charge on any atom is 0.410 e. The lowest BCUT2D eigenvalue weighted by Gasteiger charge is -2.26. The van der Waals surface area contributed by atoms with Gasteiger partial charge in [-0.05, 0) is 49.2 Å². The summed E-state index contributed by atoms with van der Waals surface area (Å²) in [5.74, 6) is -0.453. The molecule has 37 heavy (non-hydrogen) atoms. The highest BCUT2D eigenvalue weighted by molar-refractivity contribution is 7.91. The number of nitrogens with one attached hydrogen (secondary N) is 1. The molecule has 5 rings (SSSR count). The molecular weight excluding hydrogens is 531 g/mol. The number of thiazole rings is 1. The van der Waals surface area contributed by atoms with Crippen molar-refractivity contribution in [2.45, 2.75) is 31.7 Å². The van der Waals surface area contributed by atoms with Crippen molar-refractivity contribution in [3.05, 3.63) is 64.5 Å². The monoisotopic (exact) mass is 555 g/mol. The molecule has 0 saturated heterocycles. The molecule has 0 unspecified atom stereocenters. The number of nitrogens with zero attached hydrogens (tertiary/aromatic N) is 2. The third-order valence-corrected chi connectivity index (χ3v) is 10.1. The predicted octanol–water partition coefficient (Wildman–Crippen LogP) is 5.59. The van der Waals surface area contributed by atoms with Crippen molar-refractivity contribution in [2.75, 3.05) is 24.2 Å². The molecule has 0 saturated carbocycles. The van der Waals surface area contributed by atoms with E-state index in [1.807, 2.05) is 24.3 Å². The summed E-state index contributed by atoms with van der Waals surface area (Å²) in [4.78, 5) is 33.2. The Kier molecular flexibility index (Phi) is 7.02. The van der Waals surface area contributed by atoms with Crippen LogP contribution in [0, 0.1) is 0 Å². The van der Waals surface area contributed by atoms with Crippen LogP contribution in [0.5, 0.6) is 0 Å². The van der Waals surface area contributed by atoms with E-state index in [4.69, 9.17) is 9.72 Å². The molecule has 1 aliphatic heterocycles. The highest BCUT2D eigenvalue weighted by Gasteiger charge is 2.30. The Hall–Kier alpha value is -3.28. The van der Waals surface area contributed by atoms with E-state index in [2.05, 4.69) is 5.32 Å². The first-order valence-corrected chi connectivity index (χ1v) is 15.2. The zero-order valence-electron chi connectivity index (χ0n) is 20.3. The summed E-state index contributed by atoms with van der Waals surface area (Å²) in [6.07, 6.45) is 0.248. The standard InChI is InChI=1S/C26H25N3O5S3/c1-3-34-26(31)29-13-12-18-21(15-29)36-25(22(18)24-27-19-10-5-6-11-20(19)35-24)28-23(30)16-8-7-9-17(14-16)37(32,33)4-2/h5-11,14H,3-4,12-13,15H2,1-2H3,(H,28,30). The van der Waals surface area contributed by atoms with E-state index in [-0.39, 0.29) is 22.3 Å². The highest BCUT2D eigenvalue weighted by Crippen LogP contribution is 2.46. The molecule has 0 radical (unpaired) electrons. The number of para-hydroxylation sites is 1. The molecule has 192 valence electrons. The van der Waals surface area contributed by atoms with E-state index in [0.717, 1.165) is 31.2 Å². The number of benzene rings is 2. The fourth-order valence-corrected chi connectivity index (χ4v) is 7.53. The molecule has 8 nitrogen and oxygen atoms in total. The Balaban J connectivity index is 1.54. The zero-order valence-corrected chi connectivity index (χ0v) is 22.8. The maximum absolute atomic E-state index is 13.3. The molecule has 0 atom stereocenters. The van der Waals surface area contributed by atoms with Gasteiger partial charge in [0.15, 0.2) is 9.84 Å². The summed E-state index contributed by atoms with van der Waals surface area (Å²) in [6, 6.07) is 13.9. The Morgan fingerprint density at radius 2 is 1.92 bits per heavy atom. The number of hydrogen-bond donors (Lipinski definition) is 1. The van der Waals surface area contributed by atoms with E-state index in [1.165, 1.54) is 23.5 Å². The Morgan fingerprint density at radius 1 is 1.11 bits per heavy atom. The number of ether oxygens (including phenoxy) is 1. The molecule has 1 N–H and O–H groups in total. The summed E-state index contributed by atoms with van der Waals surface area (Å²) in [6.45, 7) is 4.54. The minimum atomic E-state index is -3.45. The molecule has 2 amide bonds. The summed E-state index contributed by atoms with van der Waals surface area (Å²) >= 11 is 2.96. The van der Waals surface area contributed by atoms with Crippen molar-refractivity contribution in [2.24, 2.45) is 0 Å². The van der Waals surface area contributed by atoms with Gasteiger partial charge in [0.1, 0.15) is 10.0 Å². The van der Waals surface area contributed by atoms with Crippen molar-refractivity contribution in [3.63, 3.8) is 0 Å². The smallest absolute Gasteiger partial charge is 0.410 e. The van der Waals surface area contributed by atoms with Gasteiger partial charge in [-0.3, -0.25) is 4.79 Å². The number of thiophene rings is 1. The maximum atomic E-state index is 13.3. The number of carbonyl (C=O) groups excluding carboxylic acids is 2. The van der Waals surface area contributed by atoms with E-state index < -0.39 is 15.7 Å². The first-order chi connectivity index (χ1) is 17.8. The molecule has 11 heteroatoms. The van der Waals surface area contributed by atoms with Gasteiger partial charge in [0, 0.05) is 22.5 Å². The van der Waals surface area contributed by atoms with Crippen LogP contribution in [0.25, 0.3) is 20.8 Å². The lowest BCUT2D eigenvalue weighted by atomic mass is 10.0. The Bertz CT molecular complexity index is 1570. The zero-order chi connectivity index (χ0) is 26.2. The molecule has 0 bridgehead atoms. The van der Waals surface area contributed by atoms with Crippen LogP contribution in [-0.2, 0) is 27.5 Å². The lowest BCUT2D eigenvalue weighted by Crippen LogP contribution is -2.35. The van der Waals surface area contributed by atoms with Crippen molar-refractivity contribution < 1.29 is 22.7 Å². The van der Waals surface area contributed by atoms with Gasteiger partial charge in [0.25, 0.3) is 5.91 Å². The van der Waals surface area contributed by atoms with Gasteiger partial charge >= 0.3 is 6.09 Å². The van der Waals surface area contributed by atoms with Crippen LogP contribution in [0.3, 0.4) is 0 Å². The van der Waals surface area contributed by atoms with Gasteiger partial charge in [0.05, 0.1) is 34.0 Å². The number of sulfone groups is 1. The van der Waals surface area contributed by atoms with E-state index in [0.29, 0.717) is 31.1 Å². The fraction of sp³-hybridized carbons (Fsp3) is 0.269. The second kappa shape index (κ2) is 10.2. The SMILES string of the molecule is CCOC(=O)N1CCc2c(sc(NC(=O)c3cccc(S(=O)(=O)CC)c3)c2-c2nc3ccccc3s2)C1. The number of hydrogen-bond acceptors (Lipinski definition) is 8. The first kappa shape index (κ1) is 25.4. The average Bonchev–Trinajstić information content (AvgIpc) is 3.48. The topological polar surface area (TPSA) is 106 Å². The third kappa shape index (κ3) is 4.98. The molecule has 1 aliphatic rings. The van der Waals surface area contributed by atoms with Gasteiger partial charge in [-0.1, -0.05) is 25.1 Å². The van der Waals surface area contributed by atoms with E-state index in [1.54, 1.807) is 42.2 Å². The molecule has 2 aromatic carbocycles. The van der Waals surface area contributed by atoms with Crippen LogP contribution in [0.15, 0.2) is 53.4 Å². The molecule has 0 spiro atoms. The number of fused-ring (bicyclic) bond motifs is 2. The first-order valence-electron chi connectivity index (χ1n) is 11.9. The molecule has 3 heterocycles. The van der Waals surface area contributed by atoms with E-state index >= 15 is 0 Å². The largest absolute Gasteiger partial charge is 0.450 e. The van der Waals surface area contributed by atoms with Crippen molar-refractivity contribution >= 4 is 59.7 Å². The van der Waals surface area contributed by atoms with Gasteiger partial charge in [-0.2, -0.15) is 0 Å². The molecular formula is C26H25N3O5S3. The summed E-state index contributed by atoms with van der Waals surface area (Å²) in [5, 5.41) is 4.43. The Labute approximate surface area is 222 Å². The Morgan fingerprint density at radius 3 is 2.68 bits per heavy atom. The van der Waals surface area contributed by atoms with Gasteiger partial charge in [-0.15, -0.1) is 22.7 Å². The van der Waals surface area contributed by atoms with E-state index in [9.17, 15) is 18.0 Å². The second-order valence-corrected chi connectivity index (χ2v) is 12.9. The molecule has 0 fully saturated rings. The van der Waals surface area contributed by atoms with Gasteiger partial charge in [-0.25, -0.2) is 18.2 Å². The van der Waals surface area contributed by atoms with Crippen molar-refractivity contribution in [1.82, 2.24) is 9.88 Å². The quantitative estimate of drug-likeness (QED) is 0.333. The van der Waals surface area contributed by atoms with Crippen LogP contribution in [0.2, 0.25) is 0 Å². The van der Waals surface area contributed by atoms with Crippen molar-refractivity contribution in [3.8, 4) is 10.6 Å². The van der Waals surface area contributed by atoms with Crippen LogP contribution >= 0.6 is 22.7 Å². The number of anilines is 1. The predicted molar refractivity (Wildman–Crippen MR) is 146 cm³/mol.